The van der Waals surface area contributed by atoms with E-state index < -0.39 is 0 Å². The van der Waals surface area contributed by atoms with Gasteiger partial charge in [0.2, 0.25) is 4.77 Å². The Morgan fingerprint density at radius 1 is 1.19 bits per heavy atom. The molecule has 5 nitrogen and oxygen atoms in total. The summed E-state index contributed by atoms with van der Waals surface area (Å²) in [5.41, 5.74) is 1.18. The van der Waals surface area contributed by atoms with Crippen molar-refractivity contribution in [2.75, 3.05) is 0 Å². The zero-order valence-corrected chi connectivity index (χ0v) is 11.6. The van der Waals surface area contributed by atoms with Crippen LogP contribution in [0.4, 0.5) is 4.39 Å². The summed E-state index contributed by atoms with van der Waals surface area (Å²) in [5.74, 6) is 0.191. The molecule has 1 aromatic carbocycles. The Kier molecular flexibility index (Phi) is 3.65. The van der Waals surface area contributed by atoms with Crippen LogP contribution in [-0.2, 0) is 0 Å². The SMILES string of the molecule is Fc1ccccc1C=Nn1c(-c2ccncc2)n[nH]c1=S. The third-order valence-corrected chi connectivity index (χ3v) is 3.07. The molecule has 0 saturated heterocycles. The van der Waals surface area contributed by atoms with E-state index in [0.29, 0.717) is 16.2 Å². The van der Waals surface area contributed by atoms with Crippen LogP contribution < -0.4 is 0 Å². The molecule has 0 bridgehead atoms. The molecule has 3 rings (SSSR count). The first kappa shape index (κ1) is 13.3. The number of pyridine rings is 1. The molecule has 104 valence electrons. The number of hydrogen-bond acceptors (Lipinski definition) is 4. The minimum absolute atomic E-state index is 0.328. The molecule has 0 fully saturated rings. The highest BCUT2D eigenvalue weighted by Crippen LogP contribution is 2.15. The molecule has 0 aliphatic rings. The molecule has 0 aliphatic carbocycles. The molecular formula is C14H10FN5S. The van der Waals surface area contributed by atoms with E-state index in [1.54, 1.807) is 42.7 Å². The van der Waals surface area contributed by atoms with Crippen LogP contribution in [0.1, 0.15) is 5.56 Å². The van der Waals surface area contributed by atoms with Crippen LogP contribution in [0, 0.1) is 10.6 Å². The van der Waals surface area contributed by atoms with Crippen molar-refractivity contribution in [3.8, 4) is 11.4 Å². The van der Waals surface area contributed by atoms with Crippen molar-refractivity contribution < 1.29 is 4.39 Å². The number of H-pyrrole nitrogens is 1. The topological polar surface area (TPSA) is 58.9 Å². The zero-order chi connectivity index (χ0) is 14.7. The van der Waals surface area contributed by atoms with E-state index in [1.165, 1.54) is 17.0 Å². The van der Waals surface area contributed by atoms with Crippen LogP contribution in [0.2, 0.25) is 0 Å². The van der Waals surface area contributed by atoms with Gasteiger partial charge in [-0.1, -0.05) is 18.2 Å². The van der Waals surface area contributed by atoms with Crippen molar-refractivity contribution in [3.63, 3.8) is 0 Å². The molecule has 3 aromatic rings. The van der Waals surface area contributed by atoms with Gasteiger partial charge in [-0.25, -0.2) is 9.49 Å². The van der Waals surface area contributed by atoms with Gasteiger partial charge < -0.3 is 0 Å². The van der Waals surface area contributed by atoms with E-state index in [4.69, 9.17) is 12.2 Å². The van der Waals surface area contributed by atoms with Crippen molar-refractivity contribution >= 4 is 18.4 Å². The molecule has 0 unspecified atom stereocenters. The molecule has 21 heavy (non-hydrogen) atoms. The van der Waals surface area contributed by atoms with Gasteiger partial charge in [-0.3, -0.25) is 4.98 Å². The highest BCUT2D eigenvalue weighted by Gasteiger charge is 2.07. The molecule has 0 radical (unpaired) electrons. The molecule has 0 spiro atoms. The maximum absolute atomic E-state index is 13.6. The Labute approximate surface area is 124 Å². The average Bonchev–Trinajstić information content (AvgIpc) is 2.88. The molecule has 2 heterocycles. The largest absolute Gasteiger partial charge is 0.265 e. The molecule has 0 atom stereocenters. The average molecular weight is 299 g/mol. The fourth-order valence-corrected chi connectivity index (χ4v) is 1.97. The van der Waals surface area contributed by atoms with Gasteiger partial charge in [-0.2, -0.15) is 14.9 Å². The molecule has 0 saturated carbocycles. The quantitative estimate of drug-likeness (QED) is 0.597. The van der Waals surface area contributed by atoms with E-state index >= 15 is 0 Å². The minimum atomic E-state index is -0.346. The predicted molar refractivity (Wildman–Crippen MR) is 80.0 cm³/mol. The Hall–Kier alpha value is -2.67. The number of aromatic amines is 1. The van der Waals surface area contributed by atoms with Gasteiger partial charge in [-0.15, -0.1) is 0 Å². The lowest BCUT2D eigenvalue weighted by molar-refractivity contribution is 0.625. The van der Waals surface area contributed by atoms with Gasteiger partial charge in [0.25, 0.3) is 0 Å². The molecule has 0 amide bonds. The Balaban J connectivity index is 2.02. The minimum Gasteiger partial charge on any atom is -0.265 e. The number of benzene rings is 1. The van der Waals surface area contributed by atoms with Gasteiger partial charge >= 0.3 is 0 Å². The van der Waals surface area contributed by atoms with E-state index in [-0.39, 0.29) is 5.82 Å². The van der Waals surface area contributed by atoms with Crippen molar-refractivity contribution in [3.05, 3.63) is 64.9 Å². The lowest BCUT2D eigenvalue weighted by Gasteiger charge is -2.00. The second-order valence-electron chi connectivity index (χ2n) is 4.17. The molecular weight excluding hydrogens is 289 g/mol. The lowest BCUT2D eigenvalue weighted by Crippen LogP contribution is -1.96. The summed E-state index contributed by atoms with van der Waals surface area (Å²) in [6.45, 7) is 0. The molecule has 7 heteroatoms. The normalized spacial score (nSPS) is 11.1. The first-order valence-corrected chi connectivity index (χ1v) is 6.53. The zero-order valence-electron chi connectivity index (χ0n) is 10.8. The van der Waals surface area contributed by atoms with Crippen LogP contribution in [0.3, 0.4) is 0 Å². The number of nitrogens with zero attached hydrogens (tertiary/aromatic N) is 4. The smallest absolute Gasteiger partial charge is 0.216 e. The summed E-state index contributed by atoms with van der Waals surface area (Å²) in [6, 6.07) is 9.95. The second kappa shape index (κ2) is 5.76. The van der Waals surface area contributed by atoms with E-state index in [9.17, 15) is 4.39 Å². The van der Waals surface area contributed by atoms with Gasteiger partial charge in [0.1, 0.15) is 5.82 Å². The Bertz CT molecular complexity index is 838. The predicted octanol–water partition coefficient (Wildman–Crippen LogP) is 3.02. The maximum atomic E-state index is 13.6. The third kappa shape index (κ3) is 2.77. The van der Waals surface area contributed by atoms with E-state index in [0.717, 1.165) is 5.56 Å². The monoisotopic (exact) mass is 299 g/mol. The first-order valence-electron chi connectivity index (χ1n) is 6.12. The summed E-state index contributed by atoms with van der Waals surface area (Å²) in [7, 11) is 0. The molecule has 0 aliphatic heterocycles. The van der Waals surface area contributed by atoms with Crippen molar-refractivity contribution in [1.82, 2.24) is 19.9 Å². The maximum Gasteiger partial charge on any atom is 0.216 e. The molecule has 1 N–H and O–H groups in total. The fourth-order valence-electron chi connectivity index (χ4n) is 1.79. The van der Waals surface area contributed by atoms with Crippen LogP contribution in [0.15, 0.2) is 53.9 Å². The van der Waals surface area contributed by atoms with Gasteiger partial charge in [0.05, 0.1) is 6.21 Å². The second-order valence-corrected chi connectivity index (χ2v) is 4.55. The van der Waals surface area contributed by atoms with Crippen LogP contribution in [0.5, 0.6) is 0 Å². The summed E-state index contributed by atoms with van der Waals surface area (Å²) < 4.78 is 15.4. The van der Waals surface area contributed by atoms with Crippen LogP contribution in [0.25, 0.3) is 11.4 Å². The summed E-state index contributed by atoms with van der Waals surface area (Å²) in [5, 5.41) is 11.0. The van der Waals surface area contributed by atoms with Crippen molar-refractivity contribution in [2.45, 2.75) is 0 Å². The highest BCUT2D eigenvalue weighted by molar-refractivity contribution is 7.71. The number of nitrogens with one attached hydrogen (secondary N) is 1. The van der Waals surface area contributed by atoms with Gasteiger partial charge in [0.15, 0.2) is 5.82 Å². The highest BCUT2D eigenvalue weighted by atomic mass is 32.1. The summed E-state index contributed by atoms with van der Waals surface area (Å²) in [6.07, 6.45) is 4.71. The van der Waals surface area contributed by atoms with Crippen LogP contribution in [-0.4, -0.2) is 26.1 Å². The van der Waals surface area contributed by atoms with E-state index in [2.05, 4.69) is 20.3 Å². The van der Waals surface area contributed by atoms with Gasteiger partial charge in [-0.05, 0) is 30.4 Å². The van der Waals surface area contributed by atoms with E-state index in [1.807, 2.05) is 0 Å². The summed E-state index contributed by atoms with van der Waals surface area (Å²) in [4.78, 5) is 3.95. The summed E-state index contributed by atoms with van der Waals surface area (Å²) >= 11 is 5.14. The number of halogens is 1. The standard InChI is InChI=1S/C14H10FN5S/c15-12-4-2-1-3-11(12)9-17-20-13(18-19-14(20)21)10-5-7-16-8-6-10/h1-9H,(H,19,21). The van der Waals surface area contributed by atoms with Crippen molar-refractivity contribution in [2.24, 2.45) is 5.10 Å². The van der Waals surface area contributed by atoms with Gasteiger partial charge in [0, 0.05) is 23.5 Å². The van der Waals surface area contributed by atoms with Crippen LogP contribution >= 0.6 is 12.2 Å². The van der Waals surface area contributed by atoms with Crippen molar-refractivity contribution in [1.29, 1.82) is 0 Å². The number of hydrogen-bond donors (Lipinski definition) is 1. The third-order valence-electron chi connectivity index (χ3n) is 2.81. The number of aromatic nitrogens is 4. The first-order chi connectivity index (χ1) is 10.3. The molecule has 2 aromatic heterocycles. The Morgan fingerprint density at radius 3 is 2.71 bits per heavy atom. The Morgan fingerprint density at radius 2 is 1.95 bits per heavy atom. The number of rotatable bonds is 3. The lowest BCUT2D eigenvalue weighted by atomic mass is 10.2. The fraction of sp³-hybridized carbons (Fsp3) is 0.